The molecule has 2 aromatic heterocycles. The van der Waals surface area contributed by atoms with Crippen molar-refractivity contribution in [3.8, 4) is 11.8 Å². The van der Waals surface area contributed by atoms with Crippen molar-refractivity contribution in [3.63, 3.8) is 0 Å². The van der Waals surface area contributed by atoms with Crippen molar-refractivity contribution in [2.45, 2.75) is 12.8 Å². The van der Waals surface area contributed by atoms with E-state index < -0.39 is 0 Å². The molecule has 1 aromatic carbocycles. The molecule has 6 heteroatoms. The first-order chi connectivity index (χ1) is 15.3. The fraction of sp³-hybridized carbons (Fsp3) is 0.280. The van der Waals surface area contributed by atoms with E-state index in [1.54, 1.807) is 12.4 Å². The van der Waals surface area contributed by atoms with Crippen molar-refractivity contribution in [2.75, 3.05) is 37.7 Å². The summed E-state index contributed by atoms with van der Waals surface area (Å²) in [6, 6.07) is 10.2. The summed E-state index contributed by atoms with van der Waals surface area (Å²) in [7, 11) is 0. The Bertz CT molecular complexity index is 1040. The topological polar surface area (TPSA) is 66.1 Å². The number of pyridine rings is 1. The van der Waals surface area contributed by atoms with Gasteiger partial charge in [0.05, 0.1) is 25.1 Å². The number of aromatic amines is 1. The molecule has 158 valence electrons. The standard InChI is InChI=1S/C25H27N5O/c1-20(27-10-2-3-22-18-28-29-19-22)23-6-7-25(30-13-15-31-16-14-30)24(17-23)5-4-21-8-11-26-12-9-21/h6-9,11-12,17-19,27H,1-3,10,13-16H2,(H,28,29). The van der Waals surface area contributed by atoms with E-state index in [0.29, 0.717) is 0 Å². The summed E-state index contributed by atoms with van der Waals surface area (Å²) in [6.07, 6.45) is 9.33. The van der Waals surface area contributed by atoms with E-state index in [1.807, 2.05) is 24.5 Å². The quantitative estimate of drug-likeness (QED) is 0.460. The predicted molar refractivity (Wildman–Crippen MR) is 124 cm³/mol. The molecule has 1 saturated heterocycles. The number of aryl methyl sites for hydroxylation is 1. The highest BCUT2D eigenvalue weighted by Crippen LogP contribution is 2.25. The number of H-pyrrole nitrogens is 1. The number of benzene rings is 1. The van der Waals surface area contributed by atoms with Gasteiger partial charge in [0.25, 0.3) is 0 Å². The summed E-state index contributed by atoms with van der Waals surface area (Å²) in [5.41, 5.74) is 6.27. The van der Waals surface area contributed by atoms with Crippen LogP contribution in [0.5, 0.6) is 0 Å². The van der Waals surface area contributed by atoms with Crippen LogP contribution in [0.15, 0.2) is 61.7 Å². The number of nitrogens with one attached hydrogen (secondary N) is 2. The number of anilines is 1. The molecule has 2 N–H and O–H groups in total. The zero-order valence-corrected chi connectivity index (χ0v) is 17.6. The molecule has 0 spiro atoms. The highest BCUT2D eigenvalue weighted by molar-refractivity contribution is 5.70. The molecule has 0 saturated carbocycles. The molecule has 0 radical (unpaired) electrons. The van der Waals surface area contributed by atoms with Crippen molar-refractivity contribution in [1.82, 2.24) is 20.5 Å². The van der Waals surface area contributed by atoms with Gasteiger partial charge < -0.3 is 15.0 Å². The summed E-state index contributed by atoms with van der Waals surface area (Å²) in [6.45, 7) is 8.32. The third-order valence-corrected chi connectivity index (χ3v) is 5.25. The van der Waals surface area contributed by atoms with Gasteiger partial charge in [0, 0.05) is 55.0 Å². The molecule has 4 rings (SSSR count). The number of rotatable bonds is 7. The highest BCUT2D eigenvalue weighted by atomic mass is 16.5. The van der Waals surface area contributed by atoms with Crippen LogP contribution in [0.25, 0.3) is 5.70 Å². The van der Waals surface area contributed by atoms with Gasteiger partial charge in [-0.3, -0.25) is 10.1 Å². The summed E-state index contributed by atoms with van der Waals surface area (Å²) in [5, 5.41) is 10.3. The summed E-state index contributed by atoms with van der Waals surface area (Å²) >= 11 is 0. The second kappa shape index (κ2) is 10.5. The van der Waals surface area contributed by atoms with E-state index >= 15 is 0 Å². The molecule has 3 aromatic rings. The second-order valence-electron chi connectivity index (χ2n) is 7.43. The number of morpholine rings is 1. The summed E-state index contributed by atoms with van der Waals surface area (Å²) in [5.74, 6) is 6.64. The Balaban J connectivity index is 1.49. The average Bonchev–Trinajstić information content (AvgIpc) is 3.35. The lowest BCUT2D eigenvalue weighted by Crippen LogP contribution is -2.36. The van der Waals surface area contributed by atoms with Gasteiger partial charge >= 0.3 is 0 Å². The maximum Gasteiger partial charge on any atom is 0.0642 e. The highest BCUT2D eigenvalue weighted by Gasteiger charge is 2.15. The van der Waals surface area contributed by atoms with Gasteiger partial charge in [0.2, 0.25) is 0 Å². The van der Waals surface area contributed by atoms with E-state index in [1.165, 1.54) is 5.56 Å². The van der Waals surface area contributed by atoms with Crippen molar-refractivity contribution >= 4 is 11.4 Å². The Labute approximate surface area is 183 Å². The number of nitrogens with zero attached hydrogens (tertiary/aromatic N) is 3. The van der Waals surface area contributed by atoms with Gasteiger partial charge in [-0.05, 0) is 48.2 Å². The Morgan fingerprint density at radius 1 is 1.16 bits per heavy atom. The van der Waals surface area contributed by atoms with Gasteiger partial charge in [0.1, 0.15) is 0 Å². The van der Waals surface area contributed by atoms with Crippen LogP contribution < -0.4 is 10.2 Å². The van der Waals surface area contributed by atoms with Gasteiger partial charge in [0.15, 0.2) is 0 Å². The van der Waals surface area contributed by atoms with Crippen LogP contribution in [-0.2, 0) is 11.2 Å². The van der Waals surface area contributed by atoms with Crippen LogP contribution in [-0.4, -0.2) is 48.0 Å². The van der Waals surface area contributed by atoms with E-state index in [2.05, 4.69) is 62.0 Å². The number of aromatic nitrogens is 3. The molecule has 6 nitrogen and oxygen atoms in total. The zero-order valence-electron chi connectivity index (χ0n) is 17.6. The Morgan fingerprint density at radius 3 is 2.77 bits per heavy atom. The lowest BCUT2D eigenvalue weighted by molar-refractivity contribution is 0.122. The second-order valence-corrected chi connectivity index (χ2v) is 7.43. The fourth-order valence-electron chi connectivity index (χ4n) is 3.53. The number of ether oxygens (including phenoxy) is 1. The first-order valence-electron chi connectivity index (χ1n) is 10.6. The molecular formula is C25H27N5O. The Morgan fingerprint density at radius 2 is 2.00 bits per heavy atom. The summed E-state index contributed by atoms with van der Waals surface area (Å²) in [4.78, 5) is 6.40. The molecule has 1 aliphatic rings. The molecule has 0 bridgehead atoms. The molecule has 3 heterocycles. The van der Waals surface area contributed by atoms with Crippen LogP contribution in [0.2, 0.25) is 0 Å². The predicted octanol–water partition coefficient (Wildman–Crippen LogP) is 3.23. The normalized spacial score (nSPS) is 13.4. The maximum absolute atomic E-state index is 5.52. The number of hydrogen-bond acceptors (Lipinski definition) is 5. The fourth-order valence-corrected chi connectivity index (χ4v) is 3.53. The molecular weight excluding hydrogens is 386 g/mol. The van der Waals surface area contributed by atoms with E-state index in [0.717, 1.165) is 73.8 Å². The minimum atomic E-state index is 0.740. The monoisotopic (exact) mass is 413 g/mol. The maximum atomic E-state index is 5.52. The van der Waals surface area contributed by atoms with E-state index in [-0.39, 0.29) is 0 Å². The minimum absolute atomic E-state index is 0.740. The van der Waals surface area contributed by atoms with Crippen LogP contribution in [0.1, 0.15) is 28.7 Å². The Kier molecular flexibility index (Phi) is 6.99. The van der Waals surface area contributed by atoms with Gasteiger partial charge in [-0.1, -0.05) is 24.5 Å². The molecule has 1 fully saturated rings. The third-order valence-electron chi connectivity index (χ3n) is 5.25. The molecule has 0 aliphatic carbocycles. The van der Waals surface area contributed by atoms with Crippen molar-refractivity contribution in [1.29, 1.82) is 0 Å². The molecule has 0 atom stereocenters. The first kappa shape index (κ1) is 20.7. The lowest BCUT2D eigenvalue weighted by Gasteiger charge is -2.30. The van der Waals surface area contributed by atoms with Gasteiger partial charge in [-0.2, -0.15) is 5.10 Å². The summed E-state index contributed by atoms with van der Waals surface area (Å²) < 4.78 is 5.52. The van der Waals surface area contributed by atoms with Crippen LogP contribution in [0.3, 0.4) is 0 Å². The van der Waals surface area contributed by atoms with E-state index in [9.17, 15) is 0 Å². The van der Waals surface area contributed by atoms with Gasteiger partial charge in [-0.25, -0.2) is 0 Å². The third kappa shape index (κ3) is 5.74. The smallest absolute Gasteiger partial charge is 0.0642 e. The lowest BCUT2D eigenvalue weighted by atomic mass is 10.0. The minimum Gasteiger partial charge on any atom is -0.385 e. The molecule has 0 amide bonds. The SMILES string of the molecule is C=C(NCCCc1cn[nH]c1)c1ccc(N2CCOCC2)c(C#Cc2ccncc2)c1. The Hall–Kier alpha value is -3.56. The first-order valence-corrected chi connectivity index (χ1v) is 10.6. The zero-order chi connectivity index (χ0) is 21.3. The molecule has 0 unspecified atom stereocenters. The van der Waals surface area contributed by atoms with Crippen LogP contribution in [0.4, 0.5) is 5.69 Å². The van der Waals surface area contributed by atoms with Crippen molar-refractivity contribution in [2.24, 2.45) is 0 Å². The van der Waals surface area contributed by atoms with Crippen LogP contribution >= 0.6 is 0 Å². The number of hydrogen-bond donors (Lipinski definition) is 2. The largest absolute Gasteiger partial charge is 0.385 e. The molecule has 1 aliphatic heterocycles. The van der Waals surface area contributed by atoms with Crippen molar-refractivity contribution < 1.29 is 4.74 Å². The average molecular weight is 414 g/mol. The van der Waals surface area contributed by atoms with E-state index in [4.69, 9.17) is 4.74 Å². The molecule has 31 heavy (non-hydrogen) atoms. The van der Waals surface area contributed by atoms with Crippen molar-refractivity contribution in [3.05, 3.63) is 84.0 Å². The van der Waals surface area contributed by atoms with Crippen LogP contribution in [0, 0.1) is 11.8 Å². The van der Waals surface area contributed by atoms with Gasteiger partial charge in [-0.15, -0.1) is 0 Å².